The zero-order valence-corrected chi connectivity index (χ0v) is 18.3. The van der Waals surface area contributed by atoms with Gasteiger partial charge in [0.2, 0.25) is 5.75 Å². The molecule has 31 heavy (non-hydrogen) atoms. The average Bonchev–Trinajstić information content (AvgIpc) is 2.80. The van der Waals surface area contributed by atoms with Crippen molar-refractivity contribution in [3.05, 3.63) is 42.0 Å². The lowest BCUT2D eigenvalue weighted by atomic mass is 10.1. The van der Waals surface area contributed by atoms with Gasteiger partial charge in [0.25, 0.3) is 11.8 Å². The van der Waals surface area contributed by atoms with E-state index in [0.29, 0.717) is 28.7 Å². The van der Waals surface area contributed by atoms with Gasteiger partial charge >= 0.3 is 0 Å². The fraction of sp³-hybridized carbons (Fsp3) is 0.250. The van der Waals surface area contributed by atoms with Gasteiger partial charge in [0.05, 0.1) is 28.4 Å². The molecule has 0 aliphatic carbocycles. The molecule has 0 aliphatic heterocycles. The van der Waals surface area contributed by atoms with E-state index in [2.05, 4.69) is 16.2 Å². The van der Waals surface area contributed by atoms with Gasteiger partial charge in [-0.25, -0.2) is 0 Å². The highest BCUT2D eigenvalue weighted by atomic mass is 32.1. The first-order chi connectivity index (χ1) is 14.9. The largest absolute Gasteiger partial charge is 0.497 e. The number of carbonyl (C=O) groups is 2. The van der Waals surface area contributed by atoms with E-state index in [1.165, 1.54) is 33.5 Å². The van der Waals surface area contributed by atoms with Crippen molar-refractivity contribution in [3.8, 4) is 28.7 Å². The second-order valence-electron chi connectivity index (χ2n) is 5.83. The molecule has 2 aromatic rings. The quantitative estimate of drug-likeness (QED) is 0.407. The van der Waals surface area contributed by atoms with Crippen LogP contribution in [-0.2, 0) is 4.79 Å². The third kappa shape index (κ3) is 6.64. The Hall–Kier alpha value is -3.73. The number of methoxy groups -OCH3 is 4. The molecule has 0 bridgehead atoms. The van der Waals surface area contributed by atoms with E-state index in [-0.39, 0.29) is 17.3 Å². The molecule has 166 valence electrons. The van der Waals surface area contributed by atoms with Crippen LogP contribution in [0.15, 0.2) is 36.4 Å². The predicted molar refractivity (Wildman–Crippen MR) is 116 cm³/mol. The monoisotopic (exact) mass is 449 g/mol. The number of thiocarbonyl (C=S) groups is 1. The fourth-order valence-corrected chi connectivity index (χ4v) is 2.55. The minimum Gasteiger partial charge on any atom is -0.497 e. The summed E-state index contributed by atoms with van der Waals surface area (Å²) in [6.07, 6.45) is 0. The molecular formula is C20H23N3O7S. The first kappa shape index (κ1) is 23.5. The van der Waals surface area contributed by atoms with E-state index < -0.39 is 11.8 Å². The number of ether oxygens (including phenoxy) is 5. The zero-order valence-electron chi connectivity index (χ0n) is 17.4. The molecule has 0 unspecified atom stereocenters. The number of hydrazine groups is 1. The standard InChI is InChI=1S/C20H23N3O7S/c1-26-13-5-7-14(8-6-13)30-11-17(24)22-23-20(31)21-19(25)12-9-15(27-2)18(29-4)16(10-12)28-3/h5-10H,11H2,1-4H3,(H,22,24)(H2,21,23,25,31). The molecule has 0 saturated carbocycles. The number of benzene rings is 2. The van der Waals surface area contributed by atoms with Gasteiger partial charge in [-0.1, -0.05) is 0 Å². The third-order valence-electron chi connectivity index (χ3n) is 3.90. The van der Waals surface area contributed by atoms with Crippen molar-refractivity contribution in [1.82, 2.24) is 16.2 Å². The van der Waals surface area contributed by atoms with Gasteiger partial charge in [-0.15, -0.1) is 0 Å². The van der Waals surface area contributed by atoms with E-state index in [1.54, 1.807) is 31.4 Å². The van der Waals surface area contributed by atoms with Crippen LogP contribution in [0.4, 0.5) is 0 Å². The molecule has 2 amide bonds. The number of carbonyl (C=O) groups excluding carboxylic acids is 2. The number of rotatable bonds is 8. The lowest BCUT2D eigenvalue weighted by Gasteiger charge is -2.15. The Morgan fingerprint density at radius 1 is 0.839 bits per heavy atom. The molecule has 11 heteroatoms. The van der Waals surface area contributed by atoms with Crippen molar-refractivity contribution in [2.24, 2.45) is 0 Å². The number of nitrogens with one attached hydrogen (secondary N) is 3. The van der Waals surface area contributed by atoms with Crippen LogP contribution < -0.4 is 39.9 Å². The molecule has 0 aliphatic rings. The Morgan fingerprint density at radius 2 is 1.42 bits per heavy atom. The van der Waals surface area contributed by atoms with Crippen LogP contribution in [0.3, 0.4) is 0 Å². The molecule has 2 aromatic carbocycles. The highest BCUT2D eigenvalue weighted by Gasteiger charge is 2.17. The van der Waals surface area contributed by atoms with E-state index in [1.807, 2.05) is 0 Å². The van der Waals surface area contributed by atoms with Crippen molar-refractivity contribution < 1.29 is 33.3 Å². The summed E-state index contributed by atoms with van der Waals surface area (Å²) in [4.78, 5) is 24.4. The molecular weight excluding hydrogens is 426 g/mol. The molecule has 10 nitrogen and oxygen atoms in total. The average molecular weight is 449 g/mol. The maximum atomic E-state index is 12.5. The van der Waals surface area contributed by atoms with E-state index in [9.17, 15) is 9.59 Å². The van der Waals surface area contributed by atoms with Gasteiger partial charge in [0.15, 0.2) is 23.2 Å². The van der Waals surface area contributed by atoms with Crippen LogP contribution in [0.2, 0.25) is 0 Å². The SMILES string of the molecule is COc1ccc(OCC(=O)NNC(=S)NC(=O)c2cc(OC)c(OC)c(OC)c2)cc1. The summed E-state index contributed by atoms with van der Waals surface area (Å²) in [6.45, 7) is -0.261. The first-order valence-corrected chi connectivity index (χ1v) is 9.29. The van der Waals surface area contributed by atoms with Gasteiger partial charge < -0.3 is 23.7 Å². The third-order valence-corrected chi connectivity index (χ3v) is 4.10. The summed E-state index contributed by atoms with van der Waals surface area (Å²) in [5.41, 5.74) is 4.98. The van der Waals surface area contributed by atoms with Crippen LogP contribution in [0.5, 0.6) is 28.7 Å². The Kier molecular flexibility index (Phi) is 8.70. The lowest BCUT2D eigenvalue weighted by Crippen LogP contribution is -2.49. The predicted octanol–water partition coefficient (Wildman–Crippen LogP) is 1.44. The number of amides is 2. The van der Waals surface area contributed by atoms with Gasteiger partial charge in [0, 0.05) is 5.56 Å². The Morgan fingerprint density at radius 3 is 1.94 bits per heavy atom. The topological polar surface area (TPSA) is 116 Å². The van der Waals surface area contributed by atoms with E-state index in [4.69, 9.17) is 35.9 Å². The molecule has 0 atom stereocenters. The van der Waals surface area contributed by atoms with Crippen molar-refractivity contribution in [2.45, 2.75) is 0 Å². The highest BCUT2D eigenvalue weighted by Crippen LogP contribution is 2.38. The van der Waals surface area contributed by atoms with Crippen LogP contribution >= 0.6 is 12.2 Å². The molecule has 0 heterocycles. The van der Waals surface area contributed by atoms with Crippen molar-refractivity contribution >= 4 is 29.1 Å². The Bertz CT molecular complexity index is 910. The minimum absolute atomic E-state index is 0.114. The maximum absolute atomic E-state index is 12.5. The van der Waals surface area contributed by atoms with Crippen LogP contribution in [0, 0.1) is 0 Å². The molecule has 2 rings (SSSR count). The van der Waals surface area contributed by atoms with Crippen LogP contribution in [-0.4, -0.2) is 52.0 Å². The van der Waals surface area contributed by atoms with Crippen LogP contribution in [0.25, 0.3) is 0 Å². The first-order valence-electron chi connectivity index (χ1n) is 8.88. The minimum atomic E-state index is -0.541. The smallest absolute Gasteiger partial charge is 0.276 e. The maximum Gasteiger partial charge on any atom is 0.276 e. The van der Waals surface area contributed by atoms with Gasteiger partial charge in [0.1, 0.15) is 11.5 Å². The highest BCUT2D eigenvalue weighted by molar-refractivity contribution is 7.80. The van der Waals surface area contributed by atoms with Gasteiger partial charge in [-0.3, -0.25) is 25.8 Å². The fourth-order valence-electron chi connectivity index (χ4n) is 2.40. The summed E-state index contributed by atoms with van der Waals surface area (Å²) in [5, 5.41) is 2.32. The number of hydrogen-bond acceptors (Lipinski definition) is 8. The second-order valence-corrected chi connectivity index (χ2v) is 6.24. The molecule has 0 radical (unpaired) electrons. The summed E-state index contributed by atoms with van der Waals surface area (Å²) >= 11 is 5.03. The van der Waals surface area contributed by atoms with E-state index >= 15 is 0 Å². The normalized spacial score (nSPS) is 9.81. The molecule has 0 saturated heterocycles. The van der Waals surface area contributed by atoms with Crippen LogP contribution in [0.1, 0.15) is 10.4 Å². The molecule has 0 aromatic heterocycles. The summed E-state index contributed by atoms with van der Waals surface area (Å²) in [6, 6.07) is 9.70. The van der Waals surface area contributed by atoms with Crippen molar-refractivity contribution in [3.63, 3.8) is 0 Å². The van der Waals surface area contributed by atoms with Gasteiger partial charge in [-0.05, 0) is 48.6 Å². The molecule has 0 fully saturated rings. The van der Waals surface area contributed by atoms with Gasteiger partial charge in [-0.2, -0.15) is 0 Å². The van der Waals surface area contributed by atoms with Crippen molar-refractivity contribution in [1.29, 1.82) is 0 Å². The lowest BCUT2D eigenvalue weighted by molar-refractivity contribution is -0.123. The Labute approximate surface area is 184 Å². The van der Waals surface area contributed by atoms with Crippen molar-refractivity contribution in [2.75, 3.05) is 35.0 Å². The summed E-state index contributed by atoms with van der Waals surface area (Å²) in [7, 11) is 5.89. The zero-order chi connectivity index (χ0) is 22.8. The molecule has 0 spiro atoms. The Balaban J connectivity index is 1.86. The molecule has 3 N–H and O–H groups in total. The van der Waals surface area contributed by atoms with E-state index in [0.717, 1.165) is 0 Å². The summed E-state index contributed by atoms with van der Waals surface area (Å²) < 4.78 is 26.0. The number of hydrogen-bond donors (Lipinski definition) is 3. The second kappa shape index (κ2) is 11.5. The summed E-state index contributed by atoms with van der Waals surface area (Å²) in [5.74, 6) is 1.11.